The molecule has 4 heteroatoms. The Labute approximate surface area is 117 Å². The lowest BCUT2D eigenvalue weighted by Gasteiger charge is -2.06. The summed E-state index contributed by atoms with van der Waals surface area (Å²) in [6, 6.07) is 13.7. The second-order valence-corrected chi connectivity index (χ2v) is 5.06. The number of benzene rings is 1. The standard InChI is InChI=1S/C15H15NO2S/c16-8-7-13-3-5-14(6-4-13)18-10-11-19-12-15-2-1-9-17-15/h1-6,9H,7,10-12H2. The molecule has 0 fully saturated rings. The molecule has 0 unspecified atom stereocenters. The van der Waals surface area contributed by atoms with E-state index < -0.39 is 0 Å². The average Bonchev–Trinajstić information content (AvgIpc) is 2.94. The van der Waals surface area contributed by atoms with E-state index >= 15 is 0 Å². The molecular formula is C15H15NO2S. The van der Waals surface area contributed by atoms with Gasteiger partial charge in [0.1, 0.15) is 11.5 Å². The van der Waals surface area contributed by atoms with E-state index in [-0.39, 0.29) is 0 Å². The highest BCUT2D eigenvalue weighted by Crippen LogP contribution is 2.15. The van der Waals surface area contributed by atoms with Crippen molar-refractivity contribution in [2.75, 3.05) is 12.4 Å². The Balaban J connectivity index is 1.64. The summed E-state index contributed by atoms with van der Waals surface area (Å²) in [5, 5.41) is 8.58. The van der Waals surface area contributed by atoms with E-state index in [0.717, 1.165) is 28.6 Å². The topological polar surface area (TPSA) is 46.2 Å². The molecule has 0 amide bonds. The smallest absolute Gasteiger partial charge is 0.119 e. The van der Waals surface area contributed by atoms with Crippen LogP contribution in [-0.4, -0.2) is 12.4 Å². The zero-order valence-electron chi connectivity index (χ0n) is 10.5. The fourth-order valence-corrected chi connectivity index (χ4v) is 2.29. The largest absolute Gasteiger partial charge is 0.493 e. The molecule has 0 bridgehead atoms. The molecule has 0 aliphatic rings. The predicted octanol–water partition coefficient (Wildman–Crippen LogP) is 3.66. The first kappa shape index (κ1) is 13.6. The van der Waals surface area contributed by atoms with Gasteiger partial charge in [-0.05, 0) is 29.8 Å². The summed E-state index contributed by atoms with van der Waals surface area (Å²) < 4.78 is 10.9. The second kappa shape index (κ2) is 7.55. The van der Waals surface area contributed by atoms with Gasteiger partial charge in [-0.2, -0.15) is 17.0 Å². The minimum Gasteiger partial charge on any atom is -0.493 e. The Morgan fingerprint density at radius 1 is 1.21 bits per heavy atom. The number of furan rings is 1. The van der Waals surface area contributed by atoms with Gasteiger partial charge in [0.2, 0.25) is 0 Å². The highest BCUT2D eigenvalue weighted by Gasteiger charge is 1.98. The summed E-state index contributed by atoms with van der Waals surface area (Å²) in [7, 11) is 0. The van der Waals surface area contributed by atoms with Gasteiger partial charge in [0.25, 0.3) is 0 Å². The van der Waals surface area contributed by atoms with E-state index in [1.54, 1.807) is 18.0 Å². The minimum atomic E-state index is 0.444. The fourth-order valence-electron chi connectivity index (χ4n) is 1.58. The molecule has 2 rings (SSSR count). The lowest BCUT2D eigenvalue weighted by atomic mass is 10.2. The molecular weight excluding hydrogens is 258 g/mol. The van der Waals surface area contributed by atoms with E-state index in [4.69, 9.17) is 14.4 Å². The van der Waals surface area contributed by atoms with Crippen molar-refractivity contribution < 1.29 is 9.15 Å². The SMILES string of the molecule is N#CCc1ccc(OCCSCc2ccco2)cc1. The van der Waals surface area contributed by atoms with Crippen molar-refractivity contribution >= 4 is 11.8 Å². The molecule has 3 nitrogen and oxygen atoms in total. The van der Waals surface area contributed by atoms with Gasteiger partial charge in [0.15, 0.2) is 0 Å². The zero-order chi connectivity index (χ0) is 13.3. The molecule has 0 atom stereocenters. The van der Waals surface area contributed by atoms with Crippen molar-refractivity contribution in [3.8, 4) is 11.8 Å². The van der Waals surface area contributed by atoms with E-state index in [9.17, 15) is 0 Å². The third kappa shape index (κ3) is 4.72. The monoisotopic (exact) mass is 273 g/mol. The summed E-state index contributed by atoms with van der Waals surface area (Å²) in [6.07, 6.45) is 2.13. The van der Waals surface area contributed by atoms with Gasteiger partial charge < -0.3 is 9.15 Å². The summed E-state index contributed by atoms with van der Waals surface area (Å²) in [5.74, 6) is 3.63. The number of nitrogens with zero attached hydrogens (tertiary/aromatic N) is 1. The van der Waals surface area contributed by atoms with Gasteiger partial charge in [-0.1, -0.05) is 12.1 Å². The highest BCUT2D eigenvalue weighted by molar-refractivity contribution is 7.98. The lowest BCUT2D eigenvalue weighted by molar-refractivity contribution is 0.344. The summed E-state index contributed by atoms with van der Waals surface area (Å²) in [4.78, 5) is 0. The van der Waals surface area contributed by atoms with E-state index in [1.165, 1.54) is 0 Å². The van der Waals surface area contributed by atoms with Crippen molar-refractivity contribution in [3.05, 3.63) is 54.0 Å². The molecule has 1 heterocycles. The summed E-state index contributed by atoms with van der Waals surface area (Å²) in [5.41, 5.74) is 1.02. The van der Waals surface area contributed by atoms with E-state index in [1.807, 2.05) is 36.4 Å². The first-order chi connectivity index (χ1) is 9.38. The number of hydrogen-bond acceptors (Lipinski definition) is 4. The molecule has 0 N–H and O–H groups in total. The van der Waals surface area contributed by atoms with Crippen LogP contribution in [0, 0.1) is 11.3 Å². The van der Waals surface area contributed by atoms with Gasteiger partial charge in [-0.3, -0.25) is 0 Å². The van der Waals surface area contributed by atoms with Gasteiger partial charge in [0, 0.05) is 5.75 Å². The van der Waals surface area contributed by atoms with Crippen molar-refractivity contribution in [3.63, 3.8) is 0 Å². The quantitative estimate of drug-likeness (QED) is 0.722. The van der Waals surface area contributed by atoms with E-state index in [0.29, 0.717) is 13.0 Å². The maximum Gasteiger partial charge on any atom is 0.119 e. The van der Waals surface area contributed by atoms with Crippen LogP contribution in [-0.2, 0) is 12.2 Å². The minimum absolute atomic E-state index is 0.444. The van der Waals surface area contributed by atoms with Crippen LogP contribution in [0.15, 0.2) is 47.1 Å². The molecule has 0 spiro atoms. The molecule has 19 heavy (non-hydrogen) atoms. The van der Waals surface area contributed by atoms with Gasteiger partial charge >= 0.3 is 0 Å². The summed E-state index contributed by atoms with van der Waals surface area (Å²) in [6.45, 7) is 0.670. The number of thioether (sulfide) groups is 1. The van der Waals surface area contributed by atoms with Crippen LogP contribution in [0.25, 0.3) is 0 Å². The Kier molecular flexibility index (Phi) is 5.39. The molecule has 0 radical (unpaired) electrons. The van der Waals surface area contributed by atoms with Crippen LogP contribution in [0.2, 0.25) is 0 Å². The number of rotatable bonds is 7. The van der Waals surface area contributed by atoms with Crippen LogP contribution < -0.4 is 4.74 Å². The van der Waals surface area contributed by atoms with Gasteiger partial charge in [0.05, 0.1) is 31.1 Å². The van der Waals surface area contributed by atoms with Crippen LogP contribution in [0.4, 0.5) is 0 Å². The van der Waals surface area contributed by atoms with Crippen LogP contribution >= 0.6 is 11.8 Å². The zero-order valence-corrected chi connectivity index (χ0v) is 11.4. The van der Waals surface area contributed by atoms with Crippen molar-refractivity contribution in [2.24, 2.45) is 0 Å². The van der Waals surface area contributed by atoms with Crippen LogP contribution in [0.5, 0.6) is 5.75 Å². The van der Waals surface area contributed by atoms with Gasteiger partial charge in [-0.25, -0.2) is 0 Å². The Bertz CT molecular complexity index is 514. The Hall–Kier alpha value is -1.86. The van der Waals surface area contributed by atoms with Gasteiger partial charge in [-0.15, -0.1) is 0 Å². The Morgan fingerprint density at radius 2 is 2.05 bits per heavy atom. The first-order valence-corrected chi connectivity index (χ1v) is 7.23. The first-order valence-electron chi connectivity index (χ1n) is 6.07. The van der Waals surface area contributed by atoms with Crippen LogP contribution in [0.1, 0.15) is 11.3 Å². The third-order valence-electron chi connectivity index (χ3n) is 2.53. The number of nitriles is 1. The molecule has 2 aromatic rings. The second-order valence-electron chi connectivity index (χ2n) is 3.96. The van der Waals surface area contributed by atoms with Crippen molar-refractivity contribution in [1.29, 1.82) is 5.26 Å². The third-order valence-corrected chi connectivity index (χ3v) is 3.47. The van der Waals surface area contributed by atoms with Crippen molar-refractivity contribution in [1.82, 2.24) is 0 Å². The molecule has 0 saturated carbocycles. The van der Waals surface area contributed by atoms with Crippen molar-refractivity contribution in [2.45, 2.75) is 12.2 Å². The van der Waals surface area contributed by atoms with Crippen LogP contribution in [0.3, 0.4) is 0 Å². The number of hydrogen-bond donors (Lipinski definition) is 0. The normalized spacial score (nSPS) is 10.1. The highest BCUT2D eigenvalue weighted by atomic mass is 32.2. The number of ether oxygens (including phenoxy) is 1. The Morgan fingerprint density at radius 3 is 2.74 bits per heavy atom. The molecule has 0 aliphatic heterocycles. The molecule has 0 aliphatic carbocycles. The fraction of sp³-hybridized carbons (Fsp3) is 0.267. The molecule has 0 saturated heterocycles. The molecule has 1 aromatic heterocycles. The lowest BCUT2D eigenvalue weighted by Crippen LogP contribution is -2.00. The maximum atomic E-state index is 8.58. The summed E-state index contributed by atoms with van der Waals surface area (Å²) >= 11 is 1.78. The maximum absolute atomic E-state index is 8.58. The molecule has 98 valence electrons. The average molecular weight is 273 g/mol. The molecule has 1 aromatic carbocycles. The van der Waals surface area contributed by atoms with E-state index in [2.05, 4.69) is 6.07 Å². The predicted molar refractivity (Wildman–Crippen MR) is 76.1 cm³/mol.